The first-order chi connectivity index (χ1) is 12.9. The second-order valence-corrected chi connectivity index (χ2v) is 6.47. The predicted molar refractivity (Wildman–Crippen MR) is 108 cm³/mol. The number of rotatable bonds is 5. The molecule has 0 bridgehead atoms. The van der Waals surface area contributed by atoms with Crippen molar-refractivity contribution in [3.05, 3.63) is 76.6 Å². The van der Waals surface area contributed by atoms with E-state index in [2.05, 4.69) is 46.1 Å². The van der Waals surface area contributed by atoms with Gasteiger partial charge in [0.2, 0.25) is 5.95 Å². The summed E-state index contributed by atoms with van der Waals surface area (Å²) in [5.41, 5.74) is 11.7. The first kappa shape index (κ1) is 18.4. The van der Waals surface area contributed by atoms with Crippen molar-refractivity contribution in [3.63, 3.8) is 0 Å². The Kier molecular flexibility index (Phi) is 5.35. The normalized spacial score (nSPS) is 10.4. The summed E-state index contributed by atoms with van der Waals surface area (Å²) < 4.78 is 0. The molecule has 0 spiro atoms. The summed E-state index contributed by atoms with van der Waals surface area (Å²) in [6.07, 6.45) is 0. The molecular formula is C21H23N5O. The number of para-hydroxylation sites is 1. The SMILES string of the molecule is Cc1cc(C)nc(NNC(=O)c2ccccc2Nc2cccc(C)c2C)n1. The Bertz CT molecular complexity index is 964. The van der Waals surface area contributed by atoms with E-state index in [0.29, 0.717) is 11.5 Å². The van der Waals surface area contributed by atoms with Crippen LogP contribution in [0.4, 0.5) is 17.3 Å². The maximum absolute atomic E-state index is 12.7. The monoisotopic (exact) mass is 361 g/mol. The Labute approximate surface area is 159 Å². The average molecular weight is 361 g/mol. The van der Waals surface area contributed by atoms with E-state index in [0.717, 1.165) is 28.3 Å². The summed E-state index contributed by atoms with van der Waals surface area (Å²) in [4.78, 5) is 21.2. The number of benzene rings is 2. The molecule has 6 heteroatoms. The summed E-state index contributed by atoms with van der Waals surface area (Å²) >= 11 is 0. The molecule has 0 aliphatic heterocycles. The molecule has 0 unspecified atom stereocenters. The molecule has 3 N–H and O–H groups in total. The van der Waals surface area contributed by atoms with Gasteiger partial charge in [0.15, 0.2) is 0 Å². The van der Waals surface area contributed by atoms with Crippen LogP contribution in [0.25, 0.3) is 0 Å². The van der Waals surface area contributed by atoms with Gasteiger partial charge >= 0.3 is 0 Å². The molecule has 0 radical (unpaired) electrons. The predicted octanol–water partition coefficient (Wildman–Crippen LogP) is 4.21. The smallest absolute Gasteiger partial charge is 0.271 e. The largest absolute Gasteiger partial charge is 0.355 e. The highest BCUT2D eigenvalue weighted by molar-refractivity contribution is 6.00. The fourth-order valence-electron chi connectivity index (χ4n) is 2.78. The number of hydrazine groups is 1. The van der Waals surface area contributed by atoms with Crippen molar-refractivity contribution in [2.24, 2.45) is 0 Å². The number of nitrogens with one attached hydrogen (secondary N) is 3. The minimum atomic E-state index is -0.272. The van der Waals surface area contributed by atoms with Gasteiger partial charge in [-0.05, 0) is 63.1 Å². The Balaban J connectivity index is 1.78. The quantitative estimate of drug-likeness (QED) is 0.593. The zero-order chi connectivity index (χ0) is 19.4. The maximum Gasteiger partial charge on any atom is 0.271 e. The third-order valence-corrected chi connectivity index (χ3v) is 4.32. The Morgan fingerprint density at radius 1 is 0.852 bits per heavy atom. The number of hydrogen-bond acceptors (Lipinski definition) is 5. The Morgan fingerprint density at radius 3 is 2.26 bits per heavy atom. The third kappa shape index (κ3) is 4.41. The van der Waals surface area contributed by atoms with Gasteiger partial charge in [0.1, 0.15) is 0 Å². The van der Waals surface area contributed by atoms with Crippen LogP contribution in [0.2, 0.25) is 0 Å². The van der Waals surface area contributed by atoms with E-state index in [4.69, 9.17) is 0 Å². The molecular weight excluding hydrogens is 338 g/mol. The second kappa shape index (κ2) is 7.86. The number of nitrogens with zero attached hydrogens (tertiary/aromatic N) is 2. The van der Waals surface area contributed by atoms with Crippen molar-refractivity contribution < 1.29 is 4.79 Å². The molecule has 0 saturated carbocycles. The molecule has 6 nitrogen and oxygen atoms in total. The van der Waals surface area contributed by atoms with Crippen LogP contribution in [0.3, 0.4) is 0 Å². The number of carbonyl (C=O) groups is 1. The van der Waals surface area contributed by atoms with E-state index in [-0.39, 0.29) is 5.91 Å². The van der Waals surface area contributed by atoms with Gasteiger partial charge in [0.25, 0.3) is 5.91 Å². The summed E-state index contributed by atoms with van der Waals surface area (Å²) in [6.45, 7) is 7.88. The van der Waals surface area contributed by atoms with Crippen molar-refractivity contribution in [2.45, 2.75) is 27.7 Å². The van der Waals surface area contributed by atoms with Crippen LogP contribution >= 0.6 is 0 Å². The molecule has 3 aromatic rings. The first-order valence-corrected chi connectivity index (χ1v) is 8.75. The molecule has 138 valence electrons. The number of hydrogen-bond donors (Lipinski definition) is 3. The zero-order valence-corrected chi connectivity index (χ0v) is 15.9. The number of carbonyl (C=O) groups excluding carboxylic acids is 1. The van der Waals surface area contributed by atoms with Gasteiger partial charge in [-0.25, -0.2) is 9.97 Å². The molecule has 27 heavy (non-hydrogen) atoms. The molecule has 1 amide bonds. The topological polar surface area (TPSA) is 78.9 Å². The lowest BCUT2D eigenvalue weighted by atomic mass is 10.1. The van der Waals surface area contributed by atoms with Crippen molar-refractivity contribution in [1.29, 1.82) is 0 Å². The second-order valence-electron chi connectivity index (χ2n) is 6.47. The van der Waals surface area contributed by atoms with Gasteiger partial charge in [-0.15, -0.1) is 0 Å². The maximum atomic E-state index is 12.7. The zero-order valence-electron chi connectivity index (χ0n) is 15.9. The number of aryl methyl sites for hydroxylation is 3. The third-order valence-electron chi connectivity index (χ3n) is 4.32. The van der Waals surface area contributed by atoms with Gasteiger partial charge in [-0.2, -0.15) is 0 Å². The average Bonchev–Trinajstić information content (AvgIpc) is 2.63. The van der Waals surface area contributed by atoms with Crippen LogP contribution in [0.1, 0.15) is 32.9 Å². The van der Waals surface area contributed by atoms with Crippen molar-refractivity contribution >= 4 is 23.2 Å². The van der Waals surface area contributed by atoms with Crippen LogP contribution in [0, 0.1) is 27.7 Å². The summed E-state index contributed by atoms with van der Waals surface area (Å²) in [5.74, 6) is 0.0898. The van der Waals surface area contributed by atoms with Gasteiger partial charge in [0, 0.05) is 17.1 Å². The van der Waals surface area contributed by atoms with Crippen LogP contribution in [0.15, 0.2) is 48.5 Å². The highest BCUT2D eigenvalue weighted by atomic mass is 16.2. The molecule has 2 aromatic carbocycles. The molecule has 0 aliphatic carbocycles. The van der Waals surface area contributed by atoms with Crippen LogP contribution < -0.4 is 16.2 Å². The highest BCUT2D eigenvalue weighted by Gasteiger charge is 2.12. The Hall–Kier alpha value is -3.41. The van der Waals surface area contributed by atoms with E-state index >= 15 is 0 Å². The van der Waals surface area contributed by atoms with Crippen molar-refractivity contribution in [1.82, 2.24) is 15.4 Å². The molecule has 1 heterocycles. The van der Waals surface area contributed by atoms with E-state index in [1.54, 1.807) is 6.07 Å². The van der Waals surface area contributed by atoms with Crippen molar-refractivity contribution in [3.8, 4) is 0 Å². The minimum Gasteiger partial charge on any atom is -0.355 e. The van der Waals surface area contributed by atoms with Gasteiger partial charge in [-0.1, -0.05) is 24.3 Å². The van der Waals surface area contributed by atoms with E-state index in [1.165, 1.54) is 5.56 Å². The van der Waals surface area contributed by atoms with E-state index < -0.39 is 0 Å². The molecule has 1 aromatic heterocycles. The lowest BCUT2D eigenvalue weighted by molar-refractivity contribution is 0.0963. The van der Waals surface area contributed by atoms with E-state index in [1.807, 2.05) is 50.2 Å². The lowest BCUT2D eigenvalue weighted by Gasteiger charge is -2.15. The molecule has 3 rings (SSSR count). The molecule has 0 atom stereocenters. The number of amides is 1. The highest BCUT2D eigenvalue weighted by Crippen LogP contribution is 2.25. The van der Waals surface area contributed by atoms with Gasteiger partial charge in [-0.3, -0.25) is 15.6 Å². The number of anilines is 3. The summed E-state index contributed by atoms with van der Waals surface area (Å²) in [6, 6.07) is 15.3. The van der Waals surface area contributed by atoms with Crippen LogP contribution in [-0.4, -0.2) is 15.9 Å². The number of aromatic nitrogens is 2. The Morgan fingerprint density at radius 2 is 1.52 bits per heavy atom. The molecule has 0 fully saturated rings. The van der Waals surface area contributed by atoms with Gasteiger partial charge in [0.05, 0.1) is 11.3 Å². The van der Waals surface area contributed by atoms with Gasteiger partial charge < -0.3 is 5.32 Å². The van der Waals surface area contributed by atoms with E-state index in [9.17, 15) is 4.79 Å². The summed E-state index contributed by atoms with van der Waals surface area (Å²) in [7, 11) is 0. The fraction of sp³-hybridized carbons (Fsp3) is 0.190. The standard InChI is InChI=1S/C21H23N5O/c1-13-8-7-11-18(16(13)4)24-19-10-6-5-9-17(19)20(27)25-26-21-22-14(2)12-15(3)23-21/h5-12,24H,1-4H3,(H,25,27)(H,22,23,26). The van der Waals surface area contributed by atoms with Crippen molar-refractivity contribution in [2.75, 3.05) is 10.7 Å². The van der Waals surface area contributed by atoms with Crippen LogP contribution in [-0.2, 0) is 0 Å². The molecule has 0 aliphatic rings. The fourth-order valence-corrected chi connectivity index (χ4v) is 2.78. The lowest BCUT2D eigenvalue weighted by Crippen LogP contribution is -2.31. The van der Waals surface area contributed by atoms with Crippen LogP contribution in [0.5, 0.6) is 0 Å². The minimum absolute atomic E-state index is 0.272. The summed E-state index contributed by atoms with van der Waals surface area (Å²) in [5, 5.41) is 3.36. The molecule has 0 saturated heterocycles. The first-order valence-electron chi connectivity index (χ1n) is 8.75.